The Kier molecular flexibility index (Phi) is 6.80. The monoisotopic (exact) mass is 314 g/mol. The zero-order valence-electron chi connectivity index (χ0n) is 12.3. The maximum atomic E-state index is 12.1. The third-order valence-corrected chi connectivity index (χ3v) is 5.33. The average molecular weight is 314 g/mol. The number of methoxy groups -OCH3 is 1. The van der Waals surface area contributed by atoms with Gasteiger partial charge in [0, 0.05) is 25.9 Å². The minimum Gasteiger partial charge on any atom is -0.385 e. The fourth-order valence-electron chi connectivity index (χ4n) is 1.80. The van der Waals surface area contributed by atoms with Gasteiger partial charge in [0.1, 0.15) is 5.25 Å². The summed E-state index contributed by atoms with van der Waals surface area (Å²) in [6.07, 6.45) is 0.371. The van der Waals surface area contributed by atoms with Gasteiger partial charge in [0.05, 0.1) is 5.75 Å². The summed E-state index contributed by atoms with van der Waals surface area (Å²) in [5.41, 5.74) is 6.89. The number of ether oxygens (including phenoxy) is 1. The van der Waals surface area contributed by atoms with Crippen LogP contribution in [0.1, 0.15) is 18.9 Å². The first-order valence-electron chi connectivity index (χ1n) is 6.71. The van der Waals surface area contributed by atoms with E-state index in [1.54, 1.807) is 18.2 Å². The molecule has 0 fully saturated rings. The second kappa shape index (κ2) is 8.11. The van der Waals surface area contributed by atoms with Crippen molar-refractivity contribution in [2.45, 2.75) is 25.1 Å². The summed E-state index contributed by atoms with van der Waals surface area (Å²) in [7, 11) is -1.99. The van der Waals surface area contributed by atoms with E-state index >= 15 is 0 Å². The van der Waals surface area contributed by atoms with Crippen molar-refractivity contribution in [3.63, 3.8) is 0 Å². The average Bonchev–Trinajstić information content (AvgIpc) is 2.47. The topological polar surface area (TPSA) is 98.5 Å². The van der Waals surface area contributed by atoms with Crippen LogP contribution in [0, 0.1) is 0 Å². The molecule has 118 valence electrons. The highest BCUT2D eigenvalue weighted by Crippen LogP contribution is 2.16. The summed E-state index contributed by atoms with van der Waals surface area (Å²) in [6, 6.07) is 7.05. The number of benzene rings is 1. The summed E-state index contributed by atoms with van der Waals surface area (Å²) in [6.45, 7) is 2.01. The number of anilines is 1. The smallest absolute Gasteiger partial charge is 0.242 e. The number of hydrogen-bond acceptors (Lipinski definition) is 5. The molecule has 0 bridgehead atoms. The van der Waals surface area contributed by atoms with Gasteiger partial charge < -0.3 is 15.8 Å². The Bertz CT molecular complexity index is 572. The van der Waals surface area contributed by atoms with Crippen molar-refractivity contribution in [3.05, 3.63) is 29.8 Å². The standard InChI is InChI=1S/C14H22N2O4S/c1-11(21(18,19)9-5-8-20-2)14(17)16-13-7-4-3-6-12(13)10-15/h3-4,6-7,11H,5,8-10,15H2,1-2H3,(H,16,17). The number of hydrogen-bond donors (Lipinski definition) is 2. The van der Waals surface area contributed by atoms with Crippen molar-refractivity contribution in [2.75, 3.05) is 24.8 Å². The van der Waals surface area contributed by atoms with Crippen LogP contribution in [-0.2, 0) is 25.9 Å². The fourth-order valence-corrected chi connectivity index (χ4v) is 3.06. The Morgan fingerprint density at radius 3 is 2.67 bits per heavy atom. The van der Waals surface area contributed by atoms with Crippen molar-refractivity contribution in [1.29, 1.82) is 0 Å². The summed E-state index contributed by atoms with van der Waals surface area (Å²) in [5.74, 6) is -0.623. The van der Waals surface area contributed by atoms with Crippen molar-refractivity contribution >= 4 is 21.4 Å². The van der Waals surface area contributed by atoms with Gasteiger partial charge in [-0.1, -0.05) is 18.2 Å². The second-order valence-corrected chi connectivity index (χ2v) is 7.15. The zero-order valence-corrected chi connectivity index (χ0v) is 13.2. The van der Waals surface area contributed by atoms with Crippen LogP contribution in [0.3, 0.4) is 0 Å². The van der Waals surface area contributed by atoms with E-state index < -0.39 is 21.0 Å². The SMILES string of the molecule is COCCCS(=O)(=O)C(C)C(=O)Nc1ccccc1CN. The minimum atomic E-state index is -3.49. The van der Waals surface area contributed by atoms with Crippen LogP contribution in [0.25, 0.3) is 0 Å². The third-order valence-electron chi connectivity index (χ3n) is 3.18. The molecule has 1 atom stereocenters. The van der Waals surface area contributed by atoms with Crippen LogP contribution in [0.2, 0.25) is 0 Å². The van der Waals surface area contributed by atoms with E-state index in [-0.39, 0.29) is 12.3 Å². The Labute approximate surface area is 125 Å². The molecule has 7 heteroatoms. The van der Waals surface area contributed by atoms with Gasteiger partial charge in [-0.3, -0.25) is 4.79 Å². The molecule has 1 unspecified atom stereocenters. The number of sulfone groups is 1. The Balaban J connectivity index is 2.74. The first-order chi connectivity index (χ1) is 9.92. The quantitative estimate of drug-likeness (QED) is 0.695. The lowest BCUT2D eigenvalue weighted by atomic mass is 10.2. The first kappa shape index (κ1) is 17.6. The third kappa shape index (κ3) is 5.11. The lowest BCUT2D eigenvalue weighted by Crippen LogP contribution is -2.34. The maximum Gasteiger partial charge on any atom is 0.242 e. The van der Waals surface area contributed by atoms with Gasteiger partial charge in [-0.2, -0.15) is 0 Å². The van der Waals surface area contributed by atoms with E-state index in [0.717, 1.165) is 5.56 Å². The molecule has 0 saturated carbocycles. The van der Waals surface area contributed by atoms with E-state index in [2.05, 4.69) is 5.32 Å². The molecule has 0 saturated heterocycles. The van der Waals surface area contributed by atoms with Crippen LogP contribution >= 0.6 is 0 Å². The van der Waals surface area contributed by atoms with Crippen LogP contribution in [-0.4, -0.2) is 39.0 Å². The van der Waals surface area contributed by atoms with Gasteiger partial charge in [-0.05, 0) is 25.0 Å². The maximum absolute atomic E-state index is 12.1. The number of nitrogens with one attached hydrogen (secondary N) is 1. The number of para-hydroxylation sites is 1. The fraction of sp³-hybridized carbons (Fsp3) is 0.500. The van der Waals surface area contributed by atoms with Crippen molar-refractivity contribution in [2.24, 2.45) is 5.73 Å². The lowest BCUT2D eigenvalue weighted by molar-refractivity contribution is -0.115. The van der Waals surface area contributed by atoms with Crippen molar-refractivity contribution in [1.82, 2.24) is 0 Å². The number of nitrogens with two attached hydrogens (primary N) is 1. The van der Waals surface area contributed by atoms with Gasteiger partial charge in [0.2, 0.25) is 5.91 Å². The number of amides is 1. The molecule has 0 heterocycles. The first-order valence-corrected chi connectivity index (χ1v) is 8.43. The molecule has 0 aliphatic rings. The van der Waals surface area contributed by atoms with Crippen LogP contribution in [0.15, 0.2) is 24.3 Å². The van der Waals surface area contributed by atoms with E-state index in [0.29, 0.717) is 18.7 Å². The molecule has 3 N–H and O–H groups in total. The second-order valence-electron chi connectivity index (χ2n) is 4.71. The zero-order chi connectivity index (χ0) is 15.9. The number of rotatable bonds is 8. The summed E-state index contributed by atoms with van der Waals surface area (Å²) in [4.78, 5) is 12.1. The Morgan fingerprint density at radius 2 is 2.05 bits per heavy atom. The highest BCUT2D eigenvalue weighted by atomic mass is 32.2. The Morgan fingerprint density at radius 1 is 1.38 bits per heavy atom. The van der Waals surface area contributed by atoms with Crippen LogP contribution in [0.5, 0.6) is 0 Å². The molecule has 1 aromatic rings. The van der Waals surface area contributed by atoms with Crippen LogP contribution < -0.4 is 11.1 Å². The molecule has 1 amide bonds. The molecular formula is C14H22N2O4S. The molecule has 0 aliphatic carbocycles. The summed E-state index contributed by atoms with van der Waals surface area (Å²) >= 11 is 0. The van der Waals surface area contributed by atoms with E-state index in [9.17, 15) is 13.2 Å². The molecule has 1 rings (SSSR count). The highest BCUT2D eigenvalue weighted by molar-refractivity contribution is 7.92. The van der Waals surface area contributed by atoms with Gasteiger partial charge >= 0.3 is 0 Å². The predicted molar refractivity (Wildman–Crippen MR) is 82.7 cm³/mol. The molecule has 0 aliphatic heterocycles. The lowest BCUT2D eigenvalue weighted by Gasteiger charge is -2.15. The normalized spacial score (nSPS) is 12.9. The Hall–Kier alpha value is -1.44. The largest absolute Gasteiger partial charge is 0.385 e. The predicted octanol–water partition coefficient (Wildman–Crippen LogP) is 0.924. The summed E-state index contributed by atoms with van der Waals surface area (Å²) in [5, 5.41) is 1.52. The van der Waals surface area contributed by atoms with Crippen LogP contribution in [0.4, 0.5) is 5.69 Å². The molecular weight excluding hydrogens is 292 g/mol. The number of carbonyl (C=O) groups is 1. The molecule has 6 nitrogen and oxygen atoms in total. The minimum absolute atomic E-state index is 0.0754. The van der Waals surface area contributed by atoms with Gasteiger partial charge in [-0.15, -0.1) is 0 Å². The van der Waals surface area contributed by atoms with Crippen molar-refractivity contribution in [3.8, 4) is 0 Å². The number of carbonyl (C=O) groups excluding carboxylic acids is 1. The molecule has 21 heavy (non-hydrogen) atoms. The van der Waals surface area contributed by atoms with E-state index in [4.69, 9.17) is 10.5 Å². The van der Waals surface area contributed by atoms with Gasteiger partial charge in [-0.25, -0.2) is 8.42 Å². The molecule has 1 aromatic carbocycles. The van der Waals surface area contributed by atoms with Gasteiger partial charge in [0.15, 0.2) is 9.84 Å². The molecule has 0 radical (unpaired) electrons. The highest BCUT2D eigenvalue weighted by Gasteiger charge is 2.27. The van der Waals surface area contributed by atoms with E-state index in [1.165, 1.54) is 14.0 Å². The summed E-state index contributed by atoms with van der Waals surface area (Å²) < 4.78 is 28.9. The van der Waals surface area contributed by atoms with Gasteiger partial charge in [0.25, 0.3) is 0 Å². The van der Waals surface area contributed by atoms with E-state index in [1.807, 2.05) is 6.07 Å². The molecule has 0 aromatic heterocycles. The van der Waals surface area contributed by atoms with Crippen molar-refractivity contribution < 1.29 is 17.9 Å². The molecule has 0 spiro atoms.